The maximum Gasteiger partial charge on any atom is 0.326 e. The highest BCUT2D eigenvalue weighted by molar-refractivity contribution is 5.87. The zero-order valence-corrected chi connectivity index (χ0v) is 23.3. The highest BCUT2D eigenvalue weighted by Gasteiger charge is 2.21. The molecule has 6 N–H and O–H groups in total. The first kappa shape index (κ1) is 30.6. The van der Waals surface area contributed by atoms with Crippen LogP contribution in [0.5, 0.6) is 5.75 Å². The van der Waals surface area contributed by atoms with E-state index >= 15 is 0 Å². The van der Waals surface area contributed by atoms with Crippen LogP contribution in [0.25, 0.3) is 0 Å². The van der Waals surface area contributed by atoms with E-state index in [1.807, 2.05) is 0 Å². The van der Waals surface area contributed by atoms with Crippen molar-refractivity contribution in [1.29, 1.82) is 5.41 Å². The molecule has 0 spiro atoms. The molecule has 0 saturated carbocycles. The zero-order chi connectivity index (χ0) is 29.9. The average Bonchev–Trinajstić information content (AvgIpc) is 2.97. The van der Waals surface area contributed by atoms with Gasteiger partial charge in [-0.15, -0.1) is 0 Å². The van der Waals surface area contributed by atoms with Gasteiger partial charge in [0.1, 0.15) is 53.6 Å². The van der Waals surface area contributed by atoms with Crippen LogP contribution in [-0.4, -0.2) is 76.0 Å². The summed E-state index contributed by atoms with van der Waals surface area (Å²) in [6.45, 7) is 2.56. The predicted octanol–water partition coefficient (Wildman–Crippen LogP) is 3.75. The lowest BCUT2D eigenvalue weighted by Crippen LogP contribution is -2.37. The van der Waals surface area contributed by atoms with Crippen LogP contribution >= 0.6 is 0 Å². The Morgan fingerprint density at radius 2 is 2.00 bits per heavy atom. The molecule has 0 saturated heterocycles. The Hall–Kier alpha value is -4.39. The number of aromatic nitrogens is 3. The molecular weight excluding hydrogens is 546 g/mol. The summed E-state index contributed by atoms with van der Waals surface area (Å²) >= 11 is 0. The lowest BCUT2D eigenvalue weighted by molar-refractivity contribution is -0.138. The number of carboxylic acid groups (broad SMARTS) is 1. The van der Waals surface area contributed by atoms with Crippen LogP contribution in [0.3, 0.4) is 0 Å². The highest BCUT2D eigenvalue weighted by Crippen LogP contribution is 2.21. The van der Waals surface area contributed by atoms with Crippen LogP contribution in [0.2, 0.25) is 0 Å². The number of carbonyl (C=O) groups is 1. The summed E-state index contributed by atoms with van der Waals surface area (Å²) in [6, 6.07) is 6.22. The summed E-state index contributed by atoms with van der Waals surface area (Å²) in [4.78, 5) is 26.8. The Kier molecular flexibility index (Phi) is 10.9. The van der Waals surface area contributed by atoms with E-state index in [1.54, 1.807) is 0 Å². The molecule has 1 aromatic carbocycles. The molecule has 1 aliphatic rings. The smallest absolute Gasteiger partial charge is 0.326 e. The van der Waals surface area contributed by atoms with Crippen molar-refractivity contribution in [2.75, 3.05) is 49.2 Å². The molecule has 4 rings (SSSR count). The number of rotatable bonds is 16. The summed E-state index contributed by atoms with van der Waals surface area (Å²) in [5.41, 5.74) is 8.53. The van der Waals surface area contributed by atoms with Crippen LogP contribution in [0.1, 0.15) is 42.6 Å². The van der Waals surface area contributed by atoms with Gasteiger partial charge in [-0.2, -0.15) is 0 Å². The number of carboxylic acids is 1. The minimum Gasteiger partial charge on any atom is -0.492 e. The van der Waals surface area contributed by atoms with Crippen LogP contribution in [0.4, 0.5) is 26.1 Å². The highest BCUT2D eigenvalue weighted by atomic mass is 19.1. The van der Waals surface area contributed by atoms with E-state index < -0.39 is 23.6 Å². The monoisotopic (exact) mass is 582 g/mol. The van der Waals surface area contributed by atoms with Crippen molar-refractivity contribution in [3.63, 3.8) is 0 Å². The summed E-state index contributed by atoms with van der Waals surface area (Å²) in [7, 11) is 0. The zero-order valence-electron chi connectivity index (χ0n) is 23.3. The summed E-state index contributed by atoms with van der Waals surface area (Å²) < 4.78 is 32.7. The molecule has 0 unspecified atom stereocenters. The minimum absolute atomic E-state index is 0.0888. The van der Waals surface area contributed by atoms with Crippen LogP contribution in [0, 0.1) is 17.0 Å². The number of ether oxygens (including phenoxy) is 1. The quantitative estimate of drug-likeness (QED) is 0.124. The first-order valence-electron chi connectivity index (χ1n) is 14.0. The second kappa shape index (κ2) is 15.0. The van der Waals surface area contributed by atoms with Crippen molar-refractivity contribution in [1.82, 2.24) is 19.9 Å². The van der Waals surface area contributed by atoms with Gasteiger partial charge in [0.25, 0.3) is 0 Å². The number of unbranched alkanes of at least 4 members (excludes halogenated alkanes) is 1. The van der Waals surface area contributed by atoms with Gasteiger partial charge >= 0.3 is 5.97 Å². The maximum absolute atomic E-state index is 13.6. The van der Waals surface area contributed by atoms with E-state index in [2.05, 4.69) is 37.6 Å². The van der Waals surface area contributed by atoms with E-state index in [1.165, 1.54) is 11.9 Å². The number of nitrogens with two attached hydrogens (primary N) is 1. The number of halogens is 2. The third-order valence-corrected chi connectivity index (χ3v) is 7.02. The number of hydrogen-bond acceptors (Lipinski definition) is 10. The molecule has 0 radical (unpaired) electrons. The Labute approximate surface area is 243 Å². The molecule has 1 aliphatic heterocycles. The predicted molar refractivity (Wildman–Crippen MR) is 156 cm³/mol. The van der Waals surface area contributed by atoms with E-state index in [0.29, 0.717) is 19.6 Å². The van der Waals surface area contributed by atoms with Crippen LogP contribution in [0.15, 0.2) is 36.7 Å². The maximum atomic E-state index is 13.6. The van der Waals surface area contributed by atoms with Gasteiger partial charge in [0, 0.05) is 49.7 Å². The number of nitrogens with one attached hydrogen (secondary N) is 3. The fourth-order valence-corrected chi connectivity index (χ4v) is 4.76. The number of nitrogens with zero attached hydrogens (tertiary/aromatic N) is 4. The van der Waals surface area contributed by atoms with Crippen molar-refractivity contribution in [3.8, 4) is 5.75 Å². The molecule has 3 aromatic rings. The Morgan fingerprint density at radius 1 is 1.19 bits per heavy atom. The van der Waals surface area contributed by atoms with Gasteiger partial charge in [-0.25, -0.2) is 28.5 Å². The molecule has 0 amide bonds. The number of aryl methyl sites for hydroxylation is 2. The van der Waals surface area contributed by atoms with Crippen molar-refractivity contribution < 1.29 is 23.4 Å². The van der Waals surface area contributed by atoms with E-state index in [0.717, 1.165) is 74.6 Å². The molecule has 13 heteroatoms. The summed E-state index contributed by atoms with van der Waals surface area (Å²) in [5, 5.41) is 23.5. The first-order valence-corrected chi connectivity index (χ1v) is 14.0. The van der Waals surface area contributed by atoms with Crippen molar-refractivity contribution in [3.05, 3.63) is 65.2 Å². The number of aliphatic carboxylic acids is 1. The number of anilines is 3. The topological polar surface area (TPSA) is 162 Å². The third kappa shape index (κ3) is 8.80. The van der Waals surface area contributed by atoms with E-state index in [-0.39, 0.29) is 36.0 Å². The number of benzene rings is 1. The molecule has 0 fully saturated rings. The second-order valence-corrected chi connectivity index (χ2v) is 10.1. The normalized spacial score (nSPS) is 13.2. The Balaban J connectivity index is 1.35. The SMILES string of the molecule is N=Cc1ncnc(N[C@@H](CCN(CCCCc2ccc3c(n2)NCCC3)CCOc2cc(F)cc(F)c2)C(=O)O)c1N. The number of fused-ring (bicyclic) bond motifs is 1. The largest absolute Gasteiger partial charge is 0.492 e. The molecule has 224 valence electrons. The van der Waals surface area contributed by atoms with Crippen molar-refractivity contribution >= 4 is 29.5 Å². The average molecular weight is 583 g/mol. The fraction of sp³-hybridized carbons (Fsp3) is 0.414. The van der Waals surface area contributed by atoms with Gasteiger partial charge in [0.15, 0.2) is 5.82 Å². The van der Waals surface area contributed by atoms with E-state index in [9.17, 15) is 18.7 Å². The third-order valence-electron chi connectivity index (χ3n) is 7.02. The number of pyridine rings is 1. The minimum atomic E-state index is -1.08. The molecule has 0 aliphatic carbocycles. The fourth-order valence-electron chi connectivity index (χ4n) is 4.76. The Morgan fingerprint density at radius 3 is 2.76 bits per heavy atom. The molecule has 42 heavy (non-hydrogen) atoms. The molecule has 1 atom stereocenters. The van der Waals surface area contributed by atoms with Crippen molar-refractivity contribution in [2.45, 2.75) is 44.6 Å². The van der Waals surface area contributed by atoms with Gasteiger partial charge in [-0.1, -0.05) is 6.07 Å². The molecular formula is C29H36F2N8O3. The molecule has 0 bridgehead atoms. The van der Waals surface area contributed by atoms with Gasteiger partial charge in [-0.05, 0) is 56.7 Å². The standard InChI is InChI=1S/C29H36F2N8O3/c30-20-14-21(31)16-23(15-20)42-13-12-39(10-2-1-5-22-7-6-19-4-3-9-34-27(19)37-22)11-8-24(29(40)41)38-28-26(33)25(17-32)35-18-36-28/h6-7,14-18,24,32H,1-5,8-13,33H2,(H,34,37)(H,40,41)(H,35,36,38)/t24-/m0/s1. The molecule has 11 nitrogen and oxygen atoms in total. The number of nitrogen functional groups attached to an aromatic ring is 1. The summed E-state index contributed by atoms with van der Waals surface area (Å²) in [6.07, 6.45) is 7.06. The first-order chi connectivity index (χ1) is 20.3. The van der Waals surface area contributed by atoms with Gasteiger partial charge in [0.2, 0.25) is 0 Å². The van der Waals surface area contributed by atoms with Gasteiger partial charge < -0.3 is 31.6 Å². The Bertz CT molecular complexity index is 1360. The summed E-state index contributed by atoms with van der Waals surface area (Å²) in [5.74, 6) is -1.33. The molecule has 3 heterocycles. The van der Waals surface area contributed by atoms with Crippen LogP contribution in [-0.2, 0) is 17.6 Å². The van der Waals surface area contributed by atoms with Gasteiger partial charge in [0.05, 0.1) is 0 Å². The lowest BCUT2D eigenvalue weighted by atomic mass is 10.1. The van der Waals surface area contributed by atoms with Gasteiger partial charge in [-0.3, -0.25) is 4.90 Å². The second-order valence-electron chi connectivity index (χ2n) is 10.1. The lowest BCUT2D eigenvalue weighted by Gasteiger charge is -2.25. The van der Waals surface area contributed by atoms with Crippen LogP contribution < -0.4 is 21.1 Å². The van der Waals surface area contributed by atoms with E-state index in [4.69, 9.17) is 20.9 Å². The number of hydrogen-bond donors (Lipinski definition) is 5. The van der Waals surface area contributed by atoms with Crippen molar-refractivity contribution in [2.24, 2.45) is 0 Å². The molecule has 2 aromatic heterocycles.